The highest BCUT2D eigenvalue weighted by molar-refractivity contribution is 7.17. The Morgan fingerprint density at radius 2 is 0.908 bits per heavy atom. The largest absolute Gasteiger partial charge is 0.309 e. The maximum atomic E-state index is 2.71. The molecule has 0 radical (unpaired) electrons. The third-order valence-electron chi connectivity index (χ3n) is 15.6. The van der Waals surface area contributed by atoms with E-state index in [-0.39, 0.29) is 11.0 Å². The average Bonchev–Trinajstić information content (AvgIpc) is 4.12. The van der Waals surface area contributed by atoms with E-state index in [0.717, 1.165) is 24.9 Å². The maximum Gasteiger partial charge on any atom is 0.271 e. The van der Waals surface area contributed by atoms with Gasteiger partial charge in [-0.15, -0.1) is 0 Å². The summed E-state index contributed by atoms with van der Waals surface area (Å²) in [6.07, 6.45) is 5.65. The van der Waals surface area contributed by atoms with Gasteiger partial charge in [-0.1, -0.05) is 130 Å². The van der Waals surface area contributed by atoms with Gasteiger partial charge in [-0.2, -0.15) is 4.57 Å². The van der Waals surface area contributed by atoms with Gasteiger partial charge in [0.05, 0.1) is 44.1 Å². The molecule has 8 aromatic carbocycles. The highest BCUT2D eigenvalue weighted by atomic mass is 32.1. The molecule has 0 bridgehead atoms. The number of nitrogens with zero attached hydrogens (tertiary/aromatic N) is 4. The molecular formula is C60H49N4S+. The quantitative estimate of drug-likeness (QED) is 0.142. The molecule has 1 aliphatic heterocycles. The zero-order chi connectivity index (χ0) is 43.6. The molecule has 0 N–H and O–H groups in total. The van der Waals surface area contributed by atoms with Crippen LogP contribution < -0.4 is 4.57 Å². The van der Waals surface area contributed by atoms with E-state index in [0.29, 0.717) is 0 Å². The molecule has 4 nitrogen and oxygen atoms in total. The summed E-state index contributed by atoms with van der Waals surface area (Å²) in [5.41, 5.74) is 14.8. The lowest BCUT2D eigenvalue weighted by atomic mass is 9.59. The summed E-state index contributed by atoms with van der Waals surface area (Å²) in [6, 6.07) is 67.7. The van der Waals surface area contributed by atoms with Crippen molar-refractivity contribution in [2.45, 2.75) is 57.9 Å². The second-order valence-corrected chi connectivity index (χ2v) is 19.3. The molecule has 0 spiro atoms. The normalized spacial score (nSPS) is 15.8. The highest BCUT2D eigenvalue weighted by Gasteiger charge is 2.59. The van der Waals surface area contributed by atoms with Gasteiger partial charge in [0.2, 0.25) is 6.20 Å². The van der Waals surface area contributed by atoms with Gasteiger partial charge in [0, 0.05) is 56.5 Å². The van der Waals surface area contributed by atoms with Crippen molar-refractivity contribution >= 4 is 76.8 Å². The molecule has 1 unspecified atom stereocenters. The Balaban J connectivity index is 1.05. The van der Waals surface area contributed by atoms with E-state index in [1.165, 1.54) is 103 Å². The standard InChI is InChI=1S/C60H49N4S/c1-5-59(4)50-32-30-39(35-49(50)58-61(60(59,6-2)7-3)38-57(65-58)64-52-28-18-14-24-43(52)44-25-15-19-29-53(44)64)40-31-33-54-46(34-40)48-36-47-45-26-16-17-27-51(45)62(41-20-10-8-11-21-41)55(47)37-56(48)63(54)42-22-12-9-13-23-42/h8-38H,5-7H2,1-4H3/q+1. The smallest absolute Gasteiger partial charge is 0.271 e. The number of benzene rings is 8. The van der Waals surface area contributed by atoms with E-state index in [1.807, 2.05) is 11.3 Å². The Hall–Kier alpha value is -7.21. The van der Waals surface area contributed by atoms with Crippen LogP contribution in [0.5, 0.6) is 0 Å². The van der Waals surface area contributed by atoms with Crippen molar-refractivity contribution in [3.8, 4) is 38.1 Å². The van der Waals surface area contributed by atoms with Gasteiger partial charge in [0.15, 0.2) is 10.5 Å². The zero-order valence-corrected chi connectivity index (χ0v) is 38.0. The summed E-state index contributed by atoms with van der Waals surface area (Å²) in [7, 11) is 0. The van der Waals surface area contributed by atoms with Crippen molar-refractivity contribution < 1.29 is 4.57 Å². The second-order valence-electron chi connectivity index (χ2n) is 18.3. The number of fused-ring (bicyclic) bond motifs is 12. The molecule has 314 valence electrons. The van der Waals surface area contributed by atoms with Crippen LogP contribution in [0.15, 0.2) is 188 Å². The van der Waals surface area contributed by atoms with Crippen LogP contribution in [-0.2, 0) is 11.0 Å². The second kappa shape index (κ2) is 14.1. The minimum Gasteiger partial charge on any atom is -0.309 e. The highest BCUT2D eigenvalue weighted by Crippen LogP contribution is 2.54. The van der Waals surface area contributed by atoms with Gasteiger partial charge in [0.1, 0.15) is 0 Å². The van der Waals surface area contributed by atoms with E-state index >= 15 is 0 Å². The van der Waals surface area contributed by atoms with Crippen LogP contribution in [0.4, 0.5) is 0 Å². The molecule has 12 aromatic rings. The molecule has 65 heavy (non-hydrogen) atoms. The third kappa shape index (κ3) is 5.16. The van der Waals surface area contributed by atoms with Crippen molar-refractivity contribution in [3.63, 3.8) is 0 Å². The molecule has 0 saturated carbocycles. The van der Waals surface area contributed by atoms with E-state index in [2.05, 4.69) is 234 Å². The first-order valence-electron chi connectivity index (χ1n) is 23.3. The number of hydrogen-bond acceptors (Lipinski definition) is 1. The molecule has 4 aromatic heterocycles. The summed E-state index contributed by atoms with van der Waals surface area (Å²) in [6.45, 7) is 9.74. The van der Waals surface area contributed by atoms with Crippen molar-refractivity contribution in [2.24, 2.45) is 0 Å². The SMILES string of the molecule is CCC1(C)c2ccc(-c3ccc4c(c3)c3cc5c6ccccc6n(-c6ccccc6)c5cc3n4-c3ccccc3)cc2-c2sc(-n3c4ccccc4c4ccccc43)c[n+]2C1(CC)CC. The fourth-order valence-corrected chi connectivity index (χ4v) is 13.5. The molecule has 13 rings (SSSR count). The van der Waals surface area contributed by atoms with Crippen molar-refractivity contribution in [3.05, 3.63) is 194 Å². The number of rotatable bonds is 7. The van der Waals surface area contributed by atoms with Gasteiger partial charge in [0.25, 0.3) is 5.01 Å². The summed E-state index contributed by atoms with van der Waals surface area (Å²) in [4.78, 5) is 0. The van der Waals surface area contributed by atoms with E-state index in [1.54, 1.807) is 0 Å². The van der Waals surface area contributed by atoms with Crippen LogP contribution in [0, 0.1) is 0 Å². The van der Waals surface area contributed by atoms with Gasteiger partial charge >= 0.3 is 0 Å². The first-order valence-corrected chi connectivity index (χ1v) is 24.1. The Bertz CT molecular complexity index is 3810. The van der Waals surface area contributed by atoms with Crippen LogP contribution in [0.2, 0.25) is 0 Å². The predicted octanol–water partition coefficient (Wildman–Crippen LogP) is 15.9. The Labute approximate surface area is 382 Å². The number of hydrogen-bond donors (Lipinski definition) is 0. The third-order valence-corrected chi connectivity index (χ3v) is 16.7. The van der Waals surface area contributed by atoms with Gasteiger partial charge in [-0.3, -0.25) is 4.57 Å². The summed E-state index contributed by atoms with van der Waals surface area (Å²) in [5.74, 6) is 0. The molecular weight excluding hydrogens is 809 g/mol. The van der Waals surface area contributed by atoms with Crippen molar-refractivity contribution in [1.82, 2.24) is 13.7 Å². The fourth-order valence-electron chi connectivity index (χ4n) is 12.3. The monoisotopic (exact) mass is 857 g/mol. The minimum absolute atomic E-state index is 0.0709. The first kappa shape index (κ1) is 38.3. The Morgan fingerprint density at radius 3 is 1.49 bits per heavy atom. The van der Waals surface area contributed by atoms with Crippen molar-refractivity contribution in [1.29, 1.82) is 0 Å². The molecule has 0 fully saturated rings. The summed E-state index contributed by atoms with van der Waals surface area (Å²) >= 11 is 1.94. The van der Waals surface area contributed by atoms with Crippen LogP contribution in [0.3, 0.4) is 0 Å². The lowest BCUT2D eigenvalue weighted by molar-refractivity contribution is -0.765. The van der Waals surface area contributed by atoms with Crippen molar-refractivity contribution in [2.75, 3.05) is 0 Å². The molecule has 1 atom stereocenters. The molecule has 0 saturated heterocycles. The zero-order valence-electron chi connectivity index (χ0n) is 37.2. The van der Waals surface area contributed by atoms with Crippen LogP contribution in [0.1, 0.15) is 52.5 Å². The van der Waals surface area contributed by atoms with Gasteiger partial charge in [-0.05, 0) is 114 Å². The minimum atomic E-state index is -0.0771. The van der Waals surface area contributed by atoms with E-state index in [9.17, 15) is 0 Å². The number of thiazole rings is 1. The molecule has 5 heterocycles. The van der Waals surface area contributed by atoms with E-state index in [4.69, 9.17) is 0 Å². The molecule has 1 aliphatic rings. The van der Waals surface area contributed by atoms with Crippen LogP contribution in [0.25, 0.3) is 103 Å². The lowest BCUT2D eigenvalue weighted by Gasteiger charge is -2.46. The number of para-hydroxylation sites is 5. The van der Waals surface area contributed by atoms with Crippen LogP contribution >= 0.6 is 11.3 Å². The van der Waals surface area contributed by atoms with Gasteiger partial charge in [-0.25, -0.2) is 0 Å². The Morgan fingerprint density at radius 1 is 0.431 bits per heavy atom. The molecule has 5 heteroatoms. The first-order chi connectivity index (χ1) is 32.0. The lowest BCUT2D eigenvalue weighted by Crippen LogP contribution is -2.68. The fraction of sp³-hybridized carbons (Fsp3) is 0.150. The summed E-state index contributed by atoms with van der Waals surface area (Å²) in [5, 5.41) is 10.2. The predicted molar refractivity (Wildman–Crippen MR) is 275 cm³/mol. The topological polar surface area (TPSA) is 18.7 Å². The van der Waals surface area contributed by atoms with E-state index < -0.39 is 0 Å². The number of aromatic nitrogens is 4. The maximum absolute atomic E-state index is 2.71. The average molecular weight is 858 g/mol. The van der Waals surface area contributed by atoms with Gasteiger partial charge < -0.3 is 9.13 Å². The molecule has 0 amide bonds. The molecule has 0 aliphatic carbocycles. The van der Waals surface area contributed by atoms with Crippen LogP contribution in [-0.4, -0.2) is 13.7 Å². The Kier molecular flexibility index (Phi) is 8.33. The summed E-state index contributed by atoms with van der Waals surface area (Å²) < 4.78 is 10.1.